The third kappa shape index (κ3) is 4.72. The second-order valence-corrected chi connectivity index (χ2v) is 4.92. The molecule has 114 valence electrons. The molecule has 0 saturated carbocycles. The van der Waals surface area contributed by atoms with Crippen molar-refractivity contribution in [3.8, 4) is 0 Å². The maximum Gasteiger partial charge on any atom is 0.332 e. The fourth-order valence-electron chi connectivity index (χ4n) is 1.52. The maximum atomic E-state index is 11.9. The molecule has 3 N–H and O–H groups in total. The third-order valence-electron chi connectivity index (χ3n) is 2.63. The van der Waals surface area contributed by atoms with E-state index < -0.39 is 22.9 Å². The van der Waals surface area contributed by atoms with Gasteiger partial charge in [0.05, 0.1) is 4.92 Å². The number of carbonyl (C=O) groups is 2. The van der Waals surface area contributed by atoms with Gasteiger partial charge in [0.15, 0.2) is 6.10 Å². The van der Waals surface area contributed by atoms with E-state index in [1.54, 1.807) is 6.26 Å². The lowest BCUT2D eigenvalue weighted by molar-refractivity contribution is -0.385. The number of thioether (sulfide) groups is 1. The summed E-state index contributed by atoms with van der Waals surface area (Å²) in [7, 11) is 0. The number of hydrogen-bond acceptors (Lipinski definition) is 6. The fraction of sp³-hybridized carbons (Fsp3) is 0.333. The van der Waals surface area contributed by atoms with Crippen LogP contribution < -0.4 is 5.32 Å². The number of aliphatic carboxylic acids is 1. The molecule has 1 amide bonds. The lowest BCUT2D eigenvalue weighted by Crippen LogP contribution is -2.30. The molecule has 0 saturated heterocycles. The van der Waals surface area contributed by atoms with Gasteiger partial charge in [-0.3, -0.25) is 14.9 Å². The summed E-state index contributed by atoms with van der Waals surface area (Å²) in [5, 5.41) is 30.8. The van der Waals surface area contributed by atoms with Crippen molar-refractivity contribution in [3.63, 3.8) is 0 Å². The van der Waals surface area contributed by atoms with Crippen LogP contribution in [0.25, 0.3) is 0 Å². The minimum absolute atomic E-state index is 0.100. The average molecular weight is 314 g/mol. The summed E-state index contributed by atoms with van der Waals surface area (Å²) in [5.41, 5.74) is -0.430. The number of nitrogens with one attached hydrogen (secondary N) is 1. The number of nitrogens with zero attached hydrogens (tertiary/aromatic N) is 1. The summed E-state index contributed by atoms with van der Waals surface area (Å²) in [4.78, 5) is 33.3. The zero-order valence-electron chi connectivity index (χ0n) is 11.1. The quantitative estimate of drug-likeness (QED) is 0.387. The van der Waals surface area contributed by atoms with Crippen molar-refractivity contribution in [1.82, 2.24) is 5.32 Å². The molecule has 1 rings (SSSR count). The Morgan fingerprint density at radius 2 is 2.14 bits per heavy atom. The van der Waals surface area contributed by atoms with Crippen molar-refractivity contribution in [2.45, 2.75) is 17.4 Å². The molecule has 21 heavy (non-hydrogen) atoms. The topological polar surface area (TPSA) is 130 Å². The van der Waals surface area contributed by atoms with Gasteiger partial charge in [0.2, 0.25) is 0 Å². The van der Waals surface area contributed by atoms with E-state index in [-0.39, 0.29) is 24.2 Å². The number of nitro groups is 1. The molecule has 1 aromatic rings. The van der Waals surface area contributed by atoms with Gasteiger partial charge in [-0.15, -0.1) is 11.8 Å². The number of aliphatic hydroxyl groups is 1. The number of hydrogen-bond donors (Lipinski definition) is 3. The number of aliphatic hydroxyl groups excluding tert-OH is 1. The molecule has 0 aliphatic rings. The minimum Gasteiger partial charge on any atom is -0.479 e. The van der Waals surface area contributed by atoms with E-state index in [2.05, 4.69) is 5.32 Å². The molecule has 1 aromatic carbocycles. The van der Waals surface area contributed by atoms with Crippen molar-refractivity contribution in [1.29, 1.82) is 0 Å². The van der Waals surface area contributed by atoms with Gasteiger partial charge >= 0.3 is 5.97 Å². The van der Waals surface area contributed by atoms with Crippen molar-refractivity contribution in [2.24, 2.45) is 0 Å². The Labute approximate surface area is 124 Å². The second kappa shape index (κ2) is 7.60. The molecular formula is C12H14N2O6S. The number of nitro benzene ring substituents is 1. The van der Waals surface area contributed by atoms with Gasteiger partial charge < -0.3 is 15.5 Å². The molecule has 8 nitrogen and oxygen atoms in total. The Hall–Kier alpha value is -2.13. The normalized spacial score (nSPS) is 11.7. The van der Waals surface area contributed by atoms with Gasteiger partial charge in [-0.2, -0.15) is 0 Å². The highest BCUT2D eigenvalue weighted by atomic mass is 32.2. The Bertz CT molecular complexity index is 563. The largest absolute Gasteiger partial charge is 0.479 e. The van der Waals surface area contributed by atoms with Crippen LogP contribution in [0.3, 0.4) is 0 Å². The molecule has 0 bridgehead atoms. The van der Waals surface area contributed by atoms with E-state index in [4.69, 9.17) is 10.2 Å². The first-order valence-corrected chi connectivity index (χ1v) is 7.10. The molecule has 0 radical (unpaired) electrons. The number of rotatable bonds is 7. The Kier molecular flexibility index (Phi) is 6.12. The molecule has 0 aliphatic carbocycles. The van der Waals surface area contributed by atoms with Crippen LogP contribution in [0.5, 0.6) is 0 Å². The van der Waals surface area contributed by atoms with Gasteiger partial charge in [-0.05, 0) is 18.4 Å². The summed E-state index contributed by atoms with van der Waals surface area (Å²) in [6.07, 6.45) is 0.00111. The molecule has 0 aromatic heterocycles. The zero-order valence-corrected chi connectivity index (χ0v) is 11.9. The molecule has 0 spiro atoms. The van der Waals surface area contributed by atoms with Crippen LogP contribution in [-0.2, 0) is 4.79 Å². The molecule has 1 atom stereocenters. The summed E-state index contributed by atoms with van der Waals surface area (Å²) >= 11 is 1.33. The minimum atomic E-state index is -1.59. The van der Waals surface area contributed by atoms with Crippen LogP contribution in [0.4, 0.5) is 5.69 Å². The Morgan fingerprint density at radius 1 is 1.48 bits per heavy atom. The predicted molar refractivity (Wildman–Crippen MR) is 75.5 cm³/mol. The van der Waals surface area contributed by atoms with Crippen LogP contribution in [-0.4, -0.2) is 45.9 Å². The van der Waals surface area contributed by atoms with Gasteiger partial charge in [0.1, 0.15) is 5.56 Å². The standard InChI is InChI=1S/C12H14N2O6S/c1-21-7-2-3-9(14(19)20)8(6-7)11(16)13-5-4-10(15)12(17)18/h2-3,6,10,15H,4-5H2,1H3,(H,13,16)(H,17,18). The number of carbonyl (C=O) groups excluding carboxylic acids is 1. The first-order chi connectivity index (χ1) is 9.86. The first kappa shape index (κ1) is 16.9. The van der Waals surface area contributed by atoms with Gasteiger partial charge in [-0.25, -0.2) is 4.79 Å². The highest BCUT2D eigenvalue weighted by Gasteiger charge is 2.21. The Balaban J connectivity index is 2.81. The van der Waals surface area contributed by atoms with Crippen LogP contribution in [0.2, 0.25) is 0 Å². The van der Waals surface area contributed by atoms with Crippen molar-refractivity contribution in [2.75, 3.05) is 12.8 Å². The van der Waals surface area contributed by atoms with Gasteiger partial charge in [-0.1, -0.05) is 0 Å². The van der Waals surface area contributed by atoms with Crippen molar-refractivity contribution in [3.05, 3.63) is 33.9 Å². The molecule has 0 aliphatic heterocycles. The van der Waals surface area contributed by atoms with Crippen LogP contribution in [0.15, 0.2) is 23.1 Å². The van der Waals surface area contributed by atoms with E-state index in [0.717, 1.165) is 0 Å². The summed E-state index contributed by atoms with van der Waals surface area (Å²) in [6.45, 7) is -0.104. The molecular weight excluding hydrogens is 300 g/mol. The van der Waals surface area contributed by atoms with Crippen molar-refractivity contribution >= 4 is 29.3 Å². The highest BCUT2D eigenvalue weighted by molar-refractivity contribution is 7.98. The summed E-state index contributed by atoms with van der Waals surface area (Å²) < 4.78 is 0. The smallest absolute Gasteiger partial charge is 0.332 e. The van der Waals surface area contributed by atoms with Crippen LogP contribution >= 0.6 is 11.8 Å². The van der Waals surface area contributed by atoms with E-state index >= 15 is 0 Å². The SMILES string of the molecule is CSc1ccc([N+](=O)[O-])c(C(=O)NCCC(O)C(=O)O)c1. The number of carboxylic acids is 1. The highest BCUT2D eigenvalue weighted by Crippen LogP contribution is 2.24. The van der Waals surface area contributed by atoms with Gasteiger partial charge in [0, 0.05) is 23.9 Å². The van der Waals surface area contributed by atoms with Crippen LogP contribution in [0, 0.1) is 10.1 Å². The molecule has 0 fully saturated rings. The molecule has 0 heterocycles. The predicted octanol–water partition coefficient (Wildman–Crippen LogP) is 0.882. The zero-order chi connectivity index (χ0) is 16.0. The fourth-order valence-corrected chi connectivity index (χ4v) is 1.96. The monoisotopic (exact) mass is 314 g/mol. The average Bonchev–Trinajstić information content (AvgIpc) is 2.45. The molecule has 1 unspecified atom stereocenters. The van der Waals surface area contributed by atoms with Crippen LogP contribution in [0.1, 0.15) is 16.8 Å². The van der Waals surface area contributed by atoms with E-state index in [0.29, 0.717) is 4.90 Å². The summed E-state index contributed by atoms with van der Waals surface area (Å²) in [5.74, 6) is -2.07. The number of benzene rings is 1. The van der Waals surface area contributed by atoms with Crippen molar-refractivity contribution < 1.29 is 24.7 Å². The first-order valence-electron chi connectivity index (χ1n) is 5.88. The summed E-state index contributed by atoms with van der Waals surface area (Å²) in [6, 6.07) is 4.17. The maximum absolute atomic E-state index is 11.9. The van der Waals surface area contributed by atoms with E-state index in [1.165, 1.54) is 30.0 Å². The Morgan fingerprint density at radius 3 is 2.67 bits per heavy atom. The van der Waals surface area contributed by atoms with E-state index in [9.17, 15) is 19.7 Å². The van der Waals surface area contributed by atoms with Gasteiger partial charge in [0.25, 0.3) is 11.6 Å². The number of carboxylic acid groups (broad SMARTS) is 1. The van der Waals surface area contributed by atoms with E-state index in [1.807, 2.05) is 0 Å². The second-order valence-electron chi connectivity index (χ2n) is 4.04. The third-order valence-corrected chi connectivity index (χ3v) is 3.36. The lowest BCUT2D eigenvalue weighted by Gasteiger charge is -2.08. The molecule has 9 heteroatoms. The lowest BCUT2D eigenvalue weighted by atomic mass is 10.1. The number of amides is 1.